The predicted molar refractivity (Wildman–Crippen MR) is 80.4 cm³/mol. The van der Waals surface area contributed by atoms with Crippen LogP contribution in [0.3, 0.4) is 0 Å². The predicted octanol–water partition coefficient (Wildman–Crippen LogP) is 2.83. The molecule has 2 N–H and O–H groups in total. The summed E-state index contributed by atoms with van der Waals surface area (Å²) in [4.78, 5) is 23.4. The van der Waals surface area contributed by atoms with E-state index < -0.39 is 5.91 Å². The van der Waals surface area contributed by atoms with Crippen molar-refractivity contribution in [3.05, 3.63) is 35.9 Å². The van der Waals surface area contributed by atoms with E-state index in [9.17, 15) is 9.59 Å². The largest absolute Gasteiger partial charge is 0.323 e. The Balaban J connectivity index is 2.05. The first kappa shape index (κ1) is 14.8. The van der Waals surface area contributed by atoms with Gasteiger partial charge in [0.2, 0.25) is 11.8 Å². The topological polar surface area (TPSA) is 82.0 Å². The molecule has 5 heteroatoms. The summed E-state index contributed by atoms with van der Waals surface area (Å²) >= 11 is 0. The summed E-state index contributed by atoms with van der Waals surface area (Å²) in [5.41, 5.74) is 2.09. The minimum atomic E-state index is -0.399. The Morgan fingerprint density at radius 1 is 1.29 bits per heavy atom. The van der Waals surface area contributed by atoms with Gasteiger partial charge in [-0.25, -0.2) is 0 Å². The molecule has 0 spiro atoms. The van der Waals surface area contributed by atoms with Gasteiger partial charge in [0, 0.05) is 6.08 Å². The molecule has 2 amide bonds. The third-order valence-electron chi connectivity index (χ3n) is 3.28. The lowest BCUT2D eigenvalue weighted by molar-refractivity contribution is -0.115. The second-order valence-corrected chi connectivity index (χ2v) is 5.08. The molecule has 0 radical (unpaired) electrons. The average molecular weight is 283 g/mol. The molecular formula is C16H17N3O2. The summed E-state index contributed by atoms with van der Waals surface area (Å²) in [5, 5.41) is 13.9. The summed E-state index contributed by atoms with van der Waals surface area (Å²) in [6.07, 6.45) is 3.68. The fourth-order valence-electron chi connectivity index (χ4n) is 2.00. The molecule has 0 heterocycles. The number of benzene rings is 1. The van der Waals surface area contributed by atoms with Gasteiger partial charge in [-0.1, -0.05) is 17.7 Å². The highest BCUT2D eigenvalue weighted by Gasteiger charge is 2.23. The van der Waals surface area contributed by atoms with Crippen LogP contribution in [0.2, 0.25) is 0 Å². The average Bonchev–Trinajstić information content (AvgIpc) is 3.25. The maximum absolute atomic E-state index is 12.0. The van der Waals surface area contributed by atoms with Crippen molar-refractivity contribution in [3.8, 4) is 6.07 Å². The molecule has 0 unspecified atom stereocenters. The molecule has 2 rings (SSSR count). The van der Waals surface area contributed by atoms with Crippen molar-refractivity contribution in [2.75, 3.05) is 10.6 Å². The van der Waals surface area contributed by atoms with Crippen LogP contribution >= 0.6 is 0 Å². The van der Waals surface area contributed by atoms with E-state index in [0.717, 1.165) is 18.4 Å². The molecule has 5 nitrogen and oxygen atoms in total. The number of nitriles is 1. The lowest BCUT2D eigenvalue weighted by atomic mass is 10.2. The summed E-state index contributed by atoms with van der Waals surface area (Å²) < 4.78 is 0. The number of hydrogen-bond donors (Lipinski definition) is 2. The molecule has 1 fully saturated rings. The van der Waals surface area contributed by atoms with Gasteiger partial charge in [0.25, 0.3) is 0 Å². The quantitative estimate of drug-likeness (QED) is 0.815. The first-order chi connectivity index (χ1) is 10.1. The maximum Gasteiger partial charge on any atom is 0.248 e. The first-order valence-corrected chi connectivity index (χ1v) is 6.85. The van der Waals surface area contributed by atoms with Gasteiger partial charge in [0.1, 0.15) is 6.42 Å². The van der Waals surface area contributed by atoms with E-state index in [2.05, 4.69) is 10.6 Å². The standard InChI is InChI=1S/C16H17N3O2/c1-11(12-6-7-12)10-16(21)19-14-5-3-2-4-13(14)18-15(20)8-9-17/h2-5,10,12H,6-8H2,1H3,(H,18,20)(H,19,21)/b11-10+. The smallest absolute Gasteiger partial charge is 0.248 e. The normalized spacial score (nSPS) is 14.2. The molecule has 0 saturated heterocycles. The molecule has 0 bridgehead atoms. The maximum atomic E-state index is 12.0. The van der Waals surface area contributed by atoms with Crippen molar-refractivity contribution in [1.29, 1.82) is 5.26 Å². The van der Waals surface area contributed by atoms with E-state index in [1.165, 1.54) is 0 Å². The number of rotatable bonds is 5. The Hall–Kier alpha value is -2.61. The summed E-state index contributed by atoms with van der Waals surface area (Å²) in [6.45, 7) is 1.96. The number of carbonyl (C=O) groups excluding carboxylic acids is 2. The van der Waals surface area contributed by atoms with Crippen LogP contribution in [0.5, 0.6) is 0 Å². The van der Waals surface area contributed by atoms with E-state index in [4.69, 9.17) is 5.26 Å². The van der Waals surface area contributed by atoms with E-state index >= 15 is 0 Å². The molecule has 21 heavy (non-hydrogen) atoms. The number of nitrogens with zero attached hydrogens (tertiary/aromatic N) is 1. The summed E-state index contributed by atoms with van der Waals surface area (Å²) in [6, 6.07) is 8.70. The fourth-order valence-corrected chi connectivity index (χ4v) is 2.00. The fraction of sp³-hybridized carbons (Fsp3) is 0.312. The Morgan fingerprint density at radius 2 is 1.90 bits per heavy atom. The highest BCUT2D eigenvalue weighted by molar-refractivity contribution is 6.04. The lowest BCUT2D eigenvalue weighted by Crippen LogP contribution is -2.15. The summed E-state index contributed by atoms with van der Waals surface area (Å²) in [5.74, 6) is -0.0633. The van der Waals surface area contributed by atoms with E-state index in [-0.39, 0.29) is 12.3 Å². The Morgan fingerprint density at radius 3 is 2.48 bits per heavy atom. The van der Waals surface area contributed by atoms with E-state index in [1.54, 1.807) is 36.4 Å². The number of anilines is 2. The number of para-hydroxylation sites is 2. The SMILES string of the molecule is C/C(=C\C(=O)Nc1ccccc1NC(=O)CC#N)C1CC1. The first-order valence-electron chi connectivity index (χ1n) is 6.85. The van der Waals surface area contributed by atoms with Crippen LogP contribution in [-0.4, -0.2) is 11.8 Å². The number of allylic oxidation sites excluding steroid dienone is 1. The molecule has 1 aliphatic carbocycles. The molecule has 0 aromatic heterocycles. The van der Waals surface area contributed by atoms with E-state index in [1.807, 2.05) is 6.92 Å². The van der Waals surface area contributed by atoms with Gasteiger partial charge in [-0.05, 0) is 37.8 Å². The second kappa shape index (κ2) is 6.71. The highest BCUT2D eigenvalue weighted by Crippen LogP contribution is 2.36. The van der Waals surface area contributed by atoms with Gasteiger partial charge in [0.15, 0.2) is 0 Å². The molecular weight excluding hydrogens is 266 g/mol. The van der Waals surface area contributed by atoms with Crippen LogP contribution in [0, 0.1) is 17.2 Å². The van der Waals surface area contributed by atoms with Crippen LogP contribution in [0.4, 0.5) is 11.4 Å². The molecule has 0 atom stereocenters. The van der Waals surface area contributed by atoms with Crippen LogP contribution < -0.4 is 10.6 Å². The minimum absolute atomic E-state index is 0.207. The molecule has 1 aromatic rings. The second-order valence-electron chi connectivity index (χ2n) is 5.08. The monoisotopic (exact) mass is 283 g/mol. The van der Waals surface area contributed by atoms with Crippen LogP contribution in [0.15, 0.2) is 35.9 Å². The van der Waals surface area contributed by atoms with E-state index in [0.29, 0.717) is 17.3 Å². The number of amides is 2. The zero-order valence-corrected chi connectivity index (χ0v) is 11.8. The van der Waals surface area contributed by atoms with Crippen molar-refractivity contribution in [2.45, 2.75) is 26.2 Å². The van der Waals surface area contributed by atoms with Crippen molar-refractivity contribution < 1.29 is 9.59 Å². The zero-order chi connectivity index (χ0) is 15.2. The zero-order valence-electron chi connectivity index (χ0n) is 11.8. The molecule has 0 aliphatic heterocycles. The summed E-state index contributed by atoms with van der Waals surface area (Å²) in [7, 11) is 0. The number of carbonyl (C=O) groups is 2. The lowest BCUT2D eigenvalue weighted by Gasteiger charge is -2.10. The van der Waals surface area contributed by atoms with Gasteiger partial charge in [-0.3, -0.25) is 9.59 Å². The third kappa shape index (κ3) is 4.46. The highest BCUT2D eigenvalue weighted by atomic mass is 16.2. The van der Waals surface area contributed by atoms with Gasteiger partial charge in [-0.15, -0.1) is 0 Å². The van der Waals surface area contributed by atoms with Crippen molar-refractivity contribution >= 4 is 23.2 Å². The van der Waals surface area contributed by atoms with Gasteiger partial charge in [0.05, 0.1) is 17.4 Å². The van der Waals surface area contributed by atoms with Crippen molar-refractivity contribution in [3.63, 3.8) is 0 Å². The van der Waals surface area contributed by atoms with Crippen molar-refractivity contribution in [1.82, 2.24) is 0 Å². The van der Waals surface area contributed by atoms with Crippen LogP contribution in [0.1, 0.15) is 26.2 Å². The Labute approximate surface area is 123 Å². The van der Waals surface area contributed by atoms with Crippen molar-refractivity contribution in [2.24, 2.45) is 5.92 Å². The van der Waals surface area contributed by atoms with Gasteiger partial charge >= 0.3 is 0 Å². The number of hydrogen-bond acceptors (Lipinski definition) is 3. The Bertz CT molecular complexity index is 625. The third-order valence-corrected chi connectivity index (χ3v) is 3.28. The Kier molecular flexibility index (Phi) is 4.72. The van der Waals surface area contributed by atoms with Crippen LogP contribution in [-0.2, 0) is 9.59 Å². The molecule has 1 aromatic carbocycles. The molecule has 1 saturated carbocycles. The molecule has 1 aliphatic rings. The molecule has 108 valence electrons. The number of nitrogens with one attached hydrogen (secondary N) is 2. The van der Waals surface area contributed by atoms with Crippen LogP contribution in [0.25, 0.3) is 0 Å². The van der Waals surface area contributed by atoms with Gasteiger partial charge in [-0.2, -0.15) is 5.26 Å². The minimum Gasteiger partial charge on any atom is -0.323 e. The van der Waals surface area contributed by atoms with Gasteiger partial charge < -0.3 is 10.6 Å².